The summed E-state index contributed by atoms with van der Waals surface area (Å²) in [5, 5.41) is 43.1. The minimum Gasteiger partial charge on any atom is -0.461 e. The number of aliphatic hydroxyl groups is 3. The normalized spacial score (nSPS) is 24.8. The summed E-state index contributed by atoms with van der Waals surface area (Å²) in [6.07, 6.45) is -6.44. The van der Waals surface area contributed by atoms with Crippen LogP contribution in [0.4, 0.5) is 25.8 Å². The van der Waals surface area contributed by atoms with Crippen LogP contribution in [0.1, 0.15) is 120 Å². The summed E-state index contributed by atoms with van der Waals surface area (Å²) in [4.78, 5) is 141. The van der Waals surface area contributed by atoms with Gasteiger partial charge < -0.3 is 81.3 Å². The maximum Gasteiger partial charge on any atom is 0.415 e. The van der Waals surface area contributed by atoms with E-state index in [0.29, 0.717) is 84.8 Å². The van der Waals surface area contributed by atoms with Gasteiger partial charge in [-0.15, -0.1) is 23.2 Å². The van der Waals surface area contributed by atoms with Crippen LogP contribution in [0.25, 0.3) is 21.5 Å². The van der Waals surface area contributed by atoms with E-state index < -0.39 is 94.9 Å². The number of primary amides is 1. The van der Waals surface area contributed by atoms with Crippen molar-refractivity contribution in [1.29, 1.82) is 0 Å². The van der Waals surface area contributed by atoms with Crippen LogP contribution in [-0.2, 0) is 56.1 Å². The number of nitrogens with two attached hydrogens (primary N) is 2. The van der Waals surface area contributed by atoms with Gasteiger partial charge in [-0.05, 0) is 104 Å². The third-order valence-electron chi connectivity index (χ3n) is 21.8. The zero-order chi connectivity index (χ0) is 74.1. The molecule has 1 spiro atoms. The topological polar surface area (TPSA) is 369 Å². The molecular formula is C75H91Cl2N9O17. The number of benzene rings is 5. The molecule has 3 unspecified atom stereocenters. The Balaban J connectivity index is 0.701. The Hall–Kier alpha value is -8.50. The minimum absolute atomic E-state index is 0.0358. The summed E-state index contributed by atoms with van der Waals surface area (Å²) >= 11 is 13.4. The highest BCUT2D eigenvalue weighted by molar-refractivity contribution is 6.20. The molecule has 26 nitrogen and oxygen atoms in total. The van der Waals surface area contributed by atoms with Crippen LogP contribution < -0.4 is 46.7 Å². The standard InChI is InChI=1S/C75H91Cl2N9O17/c1-40(2)51(29-57(90)52(81-42(4)88)18-11-12-24-78)66(94)82-53(19-13-25-80-70(79)97)56(89)28-43-20-22-44(23-21-43)36-100-71(98)83(5)26-27-84(6)72(99)102-59-31-55-61(50-17-10-8-15-48(50)59)46(33-77)35-86(55)69(96)74-37-73(38-75(73,74)39-74)68(95)85-34-45(32-76)60-49-16-9-7-14-47(49)58(30-54(60)85)101-67-64(93)62(91)63(92)65(103-67)41(3)87/h7-10,14-17,20-23,30-31,40,45-46,51-53,62-65,67,91-93H,11-13,18-19,24-29,32-39,78H2,1-6H3,(H,81,88)(H,82,94)(H3,79,80,97)/t45-,46-,51+,52+,53+,62+,63+,64-,65-,67-,73?,74?,75?/m1/s1. The van der Waals surface area contributed by atoms with E-state index in [1.807, 2.05) is 42.5 Å². The third kappa shape index (κ3) is 14.9. The van der Waals surface area contributed by atoms with Crippen LogP contribution in [0, 0.1) is 28.1 Å². The molecule has 28 heteroatoms. The fraction of sp³-hybridized carbons (Fsp3) is 0.520. The number of urea groups is 1. The van der Waals surface area contributed by atoms with Crippen LogP contribution >= 0.6 is 23.2 Å². The van der Waals surface area contributed by atoms with Crippen LogP contribution in [0.3, 0.4) is 0 Å². The van der Waals surface area contributed by atoms with E-state index in [9.17, 15) is 53.7 Å². The lowest BCUT2D eigenvalue weighted by molar-refractivity contribution is -0.265. The lowest BCUT2D eigenvalue weighted by Gasteiger charge is -2.39. The number of alkyl halides is 2. The van der Waals surface area contributed by atoms with Gasteiger partial charge in [0.25, 0.3) is 0 Å². The lowest BCUT2D eigenvalue weighted by Crippen LogP contribution is -2.60. The van der Waals surface area contributed by atoms with Crippen molar-refractivity contribution in [3.63, 3.8) is 0 Å². The molecule has 1 saturated heterocycles. The Kier molecular flexibility index (Phi) is 22.8. The number of carbonyl (C=O) groups excluding carboxylic acids is 10. The summed E-state index contributed by atoms with van der Waals surface area (Å²) in [7, 11) is 3.06. The highest BCUT2D eigenvalue weighted by Gasteiger charge is 3.01. The number of hydrogen-bond acceptors (Lipinski definition) is 18. The van der Waals surface area contributed by atoms with Gasteiger partial charge in [0.1, 0.15) is 42.5 Å². The molecule has 6 aliphatic rings. The van der Waals surface area contributed by atoms with E-state index in [1.54, 1.807) is 66.1 Å². The molecule has 10 N–H and O–H groups in total. The van der Waals surface area contributed by atoms with Gasteiger partial charge >= 0.3 is 18.2 Å². The number of aliphatic hydroxyl groups excluding tert-OH is 3. The first kappa shape index (κ1) is 75.7. The summed E-state index contributed by atoms with van der Waals surface area (Å²) in [6.45, 7) is 7.18. The van der Waals surface area contributed by atoms with Gasteiger partial charge in [0.2, 0.25) is 29.9 Å². The van der Waals surface area contributed by atoms with Crippen molar-refractivity contribution in [1.82, 2.24) is 25.8 Å². The highest BCUT2D eigenvalue weighted by Crippen LogP contribution is 3.01. The van der Waals surface area contributed by atoms with Gasteiger partial charge in [0, 0.05) is 124 Å². The molecule has 11 rings (SSSR count). The molecular weight excluding hydrogens is 1370 g/mol. The van der Waals surface area contributed by atoms with E-state index in [2.05, 4.69) is 16.0 Å². The van der Waals surface area contributed by atoms with Crippen LogP contribution in [0.5, 0.6) is 11.5 Å². The van der Waals surface area contributed by atoms with Crippen molar-refractivity contribution in [3.05, 3.63) is 107 Å². The second-order valence-electron chi connectivity index (χ2n) is 28.9. The molecule has 552 valence electrons. The smallest absolute Gasteiger partial charge is 0.415 e. The van der Waals surface area contributed by atoms with Gasteiger partial charge in [-0.25, -0.2) is 14.4 Å². The number of ether oxygens (including phenoxy) is 4. The number of Topliss-reactive ketones (excluding diaryl/α,β-unsaturated/α-hetero) is 3. The number of hydrogen-bond donors (Lipinski definition) is 8. The SMILES string of the molecule is CC(=O)N[C@@H](CCCCN)C(=O)C[C@H](C(=O)N[C@@H](CCCNC(N)=O)C(=O)Cc1ccc(COC(=O)N(C)CCN(C)C(=O)Oc2cc3c(c4ccccc24)[C@H](CCl)CN3C(=O)C23CC4(C(=O)N5C[C@@H](CCl)c6c5cc(O[C@@H]5O[C@H](C(C)=O)[C@@H](O)[C@H](O)[C@H]5O)c5ccccc65)CC24C3)cc1)C(C)C. The van der Waals surface area contributed by atoms with E-state index in [4.69, 9.17) is 53.6 Å². The molecule has 8 amide bonds. The molecule has 3 aliphatic carbocycles. The first-order chi connectivity index (χ1) is 49.1. The Labute approximate surface area is 606 Å². The number of halogens is 2. The summed E-state index contributed by atoms with van der Waals surface area (Å²) < 4.78 is 23.8. The van der Waals surface area contributed by atoms with Gasteiger partial charge in [-0.1, -0.05) is 86.6 Å². The largest absolute Gasteiger partial charge is 0.461 e. The van der Waals surface area contributed by atoms with Crippen molar-refractivity contribution in [2.24, 2.45) is 39.5 Å². The Morgan fingerprint density at radius 1 is 0.670 bits per heavy atom. The predicted octanol–water partition coefficient (Wildman–Crippen LogP) is 6.59. The maximum atomic E-state index is 15.3. The molecule has 5 aromatic carbocycles. The van der Waals surface area contributed by atoms with Crippen LogP contribution in [-0.4, -0.2) is 192 Å². The number of ketones is 3. The van der Waals surface area contributed by atoms with Crippen molar-refractivity contribution in [3.8, 4) is 11.5 Å². The molecule has 103 heavy (non-hydrogen) atoms. The van der Waals surface area contributed by atoms with Crippen molar-refractivity contribution in [2.75, 3.05) is 74.9 Å². The summed E-state index contributed by atoms with van der Waals surface area (Å²) in [6, 6.07) is 22.5. The van der Waals surface area contributed by atoms with Gasteiger partial charge in [-0.2, -0.15) is 0 Å². The van der Waals surface area contributed by atoms with Gasteiger partial charge in [0.05, 0.1) is 34.3 Å². The van der Waals surface area contributed by atoms with Crippen molar-refractivity contribution >= 4 is 115 Å². The van der Waals surface area contributed by atoms with Crippen LogP contribution in [0.2, 0.25) is 0 Å². The zero-order valence-corrected chi connectivity index (χ0v) is 60.1. The molecule has 5 aromatic rings. The average molecular weight is 1460 g/mol. The molecule has 4 fully saturated rings. The van der Waals surface area contributed by atoms with Gasteiger partial charge in [-0.3, -0.25) is 33.6 Å². The van der Waals surface area contributed by atoms with E-state index in [1.165, 1.54) is 37.7 Å². The molecule has 0 radical (unpaired) electrons. The summed E-state index contributed by atoms with van der Waals surface area (Å²) in [5.41, 5.74) is 12.6. The first-order valence-corrected chi connectivity index (χ1v) is 36.2. The molecule has 0 bridgehead atoms. The number of anilines is 2. The fourth-order valence-corrected chi connectivity index (χ4v) is 16.6. The second kappa shape index (κ2) is 31.1. The maximum absolute atomic E-state index is 15.3. The number of nitrogens with zero attached hydrogens (tertiary/aromatic N) is 4. The van der Waals surface area contributed by atoms with E-state index in [0.717, 1.165) is 21.9 Å². The monoisotopic (exact) mass is 1460 g/mol. The lowest BCUT2D eigenvalue weighted by atomic mass is 9.72. The number of likely N-dealkylation sites (N-methyl/N-ethyl adjacent to an activating group) is 2. The number of amides is 8. The molecule has 3 saturated carbocycles. The second-order valence-corrected chi connectivity index (χ2v) is 29.5. The zero-order valence-electron chi connectivity index (χ0n) is 58.6. The van der Waals surface area contributed by atoms with Crippen LogP contribution in [0.15, 0.2) is 84.9 Å². The number of carbonyl (C=O) groups is 10. The van der Waals surface area contributed by atoms with Crippen molar-refractivity contribution < 1.29 is 82.2 Å². The third-order valence-corrected chi connectivity index (χ3v) is 22.6. The molecule has 0 aromatic heterocycles. The molecule has 3 aliphatic heterocycles. The Bertz CT molecular complexity index is 4150. The quantitative estimate of drug-likeness (QED) is 0.0171. The molecule has 13 atom stereocenters. The number of rotatable bonds is 31. The fourth-order valence-electron chi connectivity index (χ4n) is 16.1. The summed E-state index contributed by atoms with van der Waals surface area (Å²) in [5.74, 6) is -3.22. The number of nitrogens with one attached hydrogen (secondary N) is 3. The minimum atomic E-state index is -1.75. The highest BCUT2D eigenvalue weighted by atomic mass is 35.5. The number of fused-ring (bicyclic) bond motifs is 6. The van der Waals surface area contributed by atoms with E-state index >= 15 is 9.59 Å². The first-order valence-electron chi connectivity index (χ1n) is 35.1. The molecule has 3 heterocycles. The average Bonchev–Trinajstić information content (AvgIpc) is 1.40. The Morgan fingerprint density at radius 3 is 1.74 bits per heavy atom. The number of unbranched alkanes of at least 4 members (excludes halogenated alkanes) is 1. The van der Waals surface area contributed by atoms with Gasteiger partial charge in [0.15, 0.2) is 17.3 Å². The van der Waals surface area contributed by atoms with E-state index in [-0.39, 0.29) is 129 Å². The van der Waals surface area contributed by atoms with Crippen molar-refractivity contribution in [2.45, 2.75) is 153 Å². The predicted molar refractivity (Wildman–Crippen MR) is 382 cm³/mol. The Morgan fingerprint density at radius 2 is 1.20 bits per heavy atom.